The highest BCUT2D eigenvalue weighted by Crippen LogP contribution is 2.26. The number of ether oxygens (including phenoxy) is 1. The highest BCUT2D eigenvalue weighted by Gasteiger charge is 2.28. The number of carbonyl (C=O) groups is 2. The molecule has 2 aromatic rings. The zero-order chi connectivity index (χ0) is 21.5. The van der Waals surface area contributed by atoms with Crippen LogP contribution in [0.4, 0.5) is 0 Å². The van der Waals surface area contributed by atoms with Crippen LogP contribution in [0.2, 0.25) is 0 Å². The molecule has 1 aliphatic rings. The molecule has 1 N–H and O–H groups in total. The van der Waals surface area contributed by atoms with E-state index in [9.17, 15) is 14.4 Å². The third-order valence-electron chi connectivity index (χ3n) is 5.42. The number of nitrogens with zero attached hydrogens (tertiary/aromatic N) is 4. The molecule has 0 bridgehead atoms. The summed E-state index contributed by atoms with van der Waals surface area (Å²) in [5, 5.41) is 7.22. The number of hydrogen-bond donors (Lipinski definition) is 1. The lowest BCUT2D eigenvalue weighted by atomic mass is 9.96. The summed E-state index contributed by atoms with van der Waals surface area (Å²) in [4.78, 5) is 38.9. The van der Waals surface area contributed by atoms with E-state index >= 15 is 0 Å². The van der Waals surface area contributed by atoms with Gasteiger partial charge in [0.05, 0.1) is 19.7 Å². The van der Waals surface area contributed by atoms with Gasteiger partial charge in [-0.2, -0.15) is 5.10 Å². The molecule has 1 fully saturated rings. The van der Waals surface area contributed by atoms with Gasteiger partial charge >= 0.3 is 5.69 Å². The van der Waals surface area contributed by atoms with Gasteiger partial charge < -0.3 is 15.0 Å². The van der Waals surface area contributed by atoms with E-state index < -0.39 is 0 Å². The van der Waals surface area contributed by atoms with E-state index in [1.807, 2.05) is 13.0 Å². The van der Waals surface area contributed by atoms with E-state index in [0.29, 0.717) is 38.3 Å². The first-order valence-electron chi connectivity index (χ1n) is 10.3. The maximum absolute atomic E-state index is 12.5. The summed E-state index contributed by atoms with van der Waals surface area (Å²) in [6.45, 7) is 4.48. The number of hydrogen-bond acceptors (Lipinski definition) is 5. The Morgan fingerprint density at radius 2 is 1.90 bits per heavy atom. The number of benzene rings is 1. The molecule has 0 spiro atoms. The highest BCUT2D eigenvalue weighted by molar-refractivity contribution is 5.96. The van der Waals surface area contributed by atoms with E-state index in [4.69, 9.17) is 4.74 Å². The molecule has 0 saturated carbocycles. The van der Waals surface area contributed by atoms with Crippen LogP contribution in [0.15, 0.2) is 35.1 Å². The second-order valence-electron chi connectivity index (χ2n) is 7.30. The molecule has 0 aliphatic carbocycles. The number of likely N-dealkylation sites (tertiary alicyclic amines) is 1. The Bertz CT molecular complexity index is 913. The molecular weight excluding hydrogens is 386 g/mol. The van der Waals surface area contributed by atoms with Gasteiger partial charge in [0.1, 0.15) is 5.82 Å². The van der Waals surface area contributed by atoms with Gasteiger partial charge in [0.15, 0.2) is 0 Å². The third kappa shape index (κ3) is 4.96. The number of nitrogens with one attached hydrogen (secondary N) is 1. The van der Waals surface area contributed by atoms with Gasteiger partial charge in [0.25, 0.3) is 5.91 Å². The van der Waals surface area contributed by atoms with Crippen LogP contribution >= 0.6 is 0 Å². The van der Waals surface area contributed by atoms with E-state index in [0.717, 1.165) is 18.7 Å². The second kappa shape index (κ2) is 10.2. The van der Waals surface area contributed by atoms with E-state index in [2.05, 4.69) is 10.4 Å². The van der Waals surface area contributed by atoms with Gasteiger partial charge in [-0.05, 0) is 31.9 Å². The summed E-state index contributed by atoms with van der Waals surface area (Å²) in [6.07, 6.45) is 1.47. The van der Waals surface area contributed by atoms with Crippen molar-refractivity contribution in [3.8, 4) is 0 Å². The van der Waals surface area contributed by atoms with Crippen molar-refractivity contribution < 1.29 is 14.3 Å². The third-order valence-corrected chi connectivity index (χ3v) is 5.42. The zero-order valence-corrected chi connectivity index (χ0v) is 17.5. The summed E-state index contributed by atoms with van der Waals surface area (Å²) in [7, 11) is 1.60. The van der Waals surface area contributed by atoms with Crippen molar-refractivity contribution in [1.82, 2.24) is 24.6 Å². The molecule has 1 aromatic heterocycles. The average Bonchev–Trinajstić information content (AvgIpc) is 3.11. The summed E-state index contributed by atoms with van der Waals surface area (Å²) < 4.78 is 8.22. The van der Waals surface area contributed by atoms with Crippen LogP contribution in [0.25, 0.3) is 0 Å². The minimum Gasteiger partial charge on any atom is -0.383 e. The molecule has 0 atom stereocenters. The Labute approximate surface area is 175 Å². The van der Waals surface area contributed by atoms with Crippen molar-refractivity contribution in [3.05, 3.63) is 52.2 Å². The van der Waals surface area contributed by atoms with Crippen molar-refractivity contribution in [1.29, 1.82) is 0 Å². The molecule has 1 aliphatic heterocycles. The van der Waals surface area contributed by atoms with Crippen LogP contribution in [0, 0.1) is 0 Å². The van der Waals surface area contributed by atoms with Crippen LogP contribution in [0.5, 0.6) is 0 Å². The SMILES string of the molecule is CCn1c(C2CCN(C(=O)CNC(=O)c3ccccc3)CC2)nn(CCOC)c1=O. The largest absolute Gasteiger partial charge is 0.383 e. The van der Waals surface area contributed by atoms with Crippen molar-refractivity contribution in [3.63, 3.8) is 0 Å². The van der Waals surface area contributed by atoms with Crippen molar-refractivity contribution in [2.24, 2.45) is 0 Å². The molecule has 2 amide bonds. The minimum absolute atomic E-state index is 0.0241. The quantitative estimate of drug-likeness (QED) is 0.689. The van der Waals surface area contributed by atoms with Crippen LogP contribution in [-0.4, -0.2) is 64.4 Å². The first kappa shape index (κ1) is 21.8. The lowest BCUT2D eigenvalue weighted by Crippen LogP contribution is -2.44. The number of piperidine rings is 1. The molecule has 0 unspecified atom stereocenters. The Hall–Kier alpha value is -2.94. The fourth-order valence-electron chi connectivity index (χ4n) is 3.73. The van der Waals surface area contributed by atoms with Crippen LogP contribution < -0.4 is 11.0 Å². The Morgan fingerprint density at radius 3 is 2.53 bits per heavy atom. The Balaban J connectivity index is 1.55. The van der Waals surface area contributed by atoms with Gasteiger partial charge in [-0.15, -0.1) is 0 Å². The standard InChI is InChI=1S/C21H29N5O4/c1-3-25-19(23-26(21(25)29)13-14-30-2)16-9-11-24(12-10-16)18(27)15-22-20(28)17-7-5-4-6-8-17/h4-8,16H,3,9-15H2,1-2H3,(H,22,28). The number of carbonyl (C=O) groups excluding carboxylic acids is 2. The molecular formula is C21H29N5O4. The van der Waals surface area contributed by atoms with Crippen LogP contribution in [0.3, 0.4) is 0 Å². The fraction of sp³-hybridized carbons (Fsp3) is 0.524. The first-order chi connectivity index (χ1) is 14.5. The van der Waals surface area contributed by atoms with Gasteiger partial charge in [-0.3, -0.25) is 14.2 Å². The van der Waals surface area contributed by atoms with Crippen LogP contribution in [0.1, 0.15) is 41.9 Å². The fourth-order valence-corrected chi connectivity index (χ4v) is 3.73. The molecule has 1 saturated heterocycles. The summed E-state index contributed by atoms with van der Waals surface area (Å²) in [5.74, 6) is 0.552. The van der Waals surface area contributed by atoms with Crippen molar-refractivity contribution in [2.75, 3.05) is 33.4 Å². The number of methoxy groups -OCH3 is 1. The van der Waals surface area contributed by atoms with Gasteiger partial charge in [-0.1, -0.05) is 18.2 Å². The van der Waals surface area contributed by atoms with E-state index in [1.54, 1.807) is 40.8 Å². The van der Waals surface area contributed by atoms with Gasteiger partial charge in [0, 0.05) is 38.2 Å². The molecule has 162 valence electrons. The summed E-state index contributed by atoms with van der Waals surface area (Å²) >= 11 is 0. The zero-order valence-electron chi connectivity index (χ0n) is 17.5. The lowest BCUT2D eigenvalue weighted by Gasteiger charge is -2.31. The number of rotatable bonds is 8. The smallest absolute Gasteiger partial charge is 0.345 e. The first-order valence-corrected chi connectivity index (χ1v) is 10.3. The summed E-state index contributed by atoms with van der Waals surface area (Å²) in [6, 6.07) is 8.83. The number of aromatic nitrogens is 3. The maximum Gasteiger partial charge on any atom is 0.345 e. The molecule has 1 aromatic carbocycles. The monoisotopic (exact) mass is 415 g/mol. The van der Waals surface area contributed by atoms with Crippen molar-refractivity contribution in [2.45, 2.75) is 38.8 Å². The van der Waals surface area contributed by atoms with Crippen LogP contribution in [-0.2, 0) is 22.6 Å². The normalized spacial score (nSPS) is 14.7. The van der Waals surface area contributed by atoms with E-state index in [1.165, 1.54) is 4.68 Å². The maximum atomic E-state index is 12.5. The van der Waals surface area contributed by atoms with Gasteiger partial charge in [0.2, 0.25) is 5.91 Å². The van der Waals surface area contributed by atoms with Gasteiger partial charge in [-0.25, -0.2) is 9.48 Å². The predicted octanol–water partition coefficient (Wildman–Crippen LogP) is 0.847. The van der Waals surface area contributed by atoms with E-state index in [-0.39, 0.29) is 30.0 Å². The molecule has 3 rings (SSSR count). The molecule has 30 heavy (non-hydrogen) atoms. The number of amides is 2. The molecule has 9 nitrogen and oxygen atoms in total. The minimum atomic E-state index is -0.257. The predicted molar refractivity (Wildman–Crippen MR) is 111 cm³/mol. The second-order valence-corrected chi connectivity index (χ2v) is 7.30. The van der Waals surface area contributed by atoms with Crippen molar-refractivity contribution >= 4 is 11.8 Å². The topological polar surface area (TPSA) is 98.5 Å². The lowest BCUT2D eigenvalue weighted by molar-refractivity contribution is -0.131. The highest BCUT2D eigenvalue weighted by atomic mass is 16.5. The Kier molecular flexibility index (Phi) is 7.40. The summed E-state index contributed by atoms with van der Waals surface area (Å²) in [5.41, 5.74) is 0.414. The molecule has 2 heterocycles. The molecule has 0 radical (unpaired) electrons. The molecule has 9 heteroatoms. The average molecular weight is 415 g/mol. The Morgan fingerprint density at radius 1 is 1.20 bits per heavy atom.